The summed E-state index contributed by atoms with van der Waals surface area (Å²) in [7, 11) is 1.39. The number of nitrogens with zero attached hydrogens (tertiary/aromatic N) is 1. The molecule has 1 aliphatic rings. The molecule has 1 rings (SSSR count). The van der Waals surface area contributed by atoms with E-state index in [9.17, 15) is 9.59 Å². The SMILES string of the molecule is COC(=O)C(C)CN1CC(NC(=O)OC(C)(C)C)C1. The summed E-state index contributed by atoms with van der Waals surface area (Å²) in [6, 6.07) is 0.0969. The Labute approximate surface area is 114 Å². The van der Waals surface area contributed by atoms with Crippen LogP contribution in [0.1, 0.15) is 27.7 Å². The maximum Gasteiger partial charge on any atom is 0.407 e. The number of esters is 1. The van der Waals surface area contributed by atoms with Gasteiger partial charge in [0.15, 0.2) is 0 Å². The highest BCUT2D eigenvalue weighted by Crippen LogP contribution is 2.13. The van der Waals surface area contributed by atoms with E-state index in [1.54, 1.807) is 0 Å². The van der Waals surface area contributed by atoms with Crippen LogP contribution in [0.4, 0.5) is 4.79 Å². The monoisotopic (exact) mass is 272 g/mol. The van der Waals surface area contributed by atoms with E-state index in [2.05, 4.69) is 15.0 Å². The first-order chi connectivity index (χ1) is 8.71. The molecular weight excluding hydrogens is 248 g/mol. The summed E-state index contributed by atoms with van der Waals surface area (Å²) in [6.07, 6.45) is -0.391. The van der Waals surface area contributed by atoms with Crippen molar-refractivity contribution in [3.63, 3.8) is 0 Å². The summed E-state index contributed by atoms with van der Waals surface area (Å²) < 4.78 is 9.85. The first-order valence-corrected chi connectivity index (χ1v) is 6.51. The van der Waals surface area contributed by atoms with Crippen molar-refractivity contribution >= 4 is 12.1 Å². The van der Waals surface area contributed by atoms with Gasteiger partial charge in [-0.05, 0) is 20.8 Å². The molecule has 1 saturated heterocycles. The highest BCUT2D eigenvalue weighted by Gasteiger charge is 2.31. The van der Waals surface area contributed by atoms with Gasteiger partial charge in [0.1, 0.15) is 5.60 Å². The molecule has 1 atom stereocenters. The number of hydrogen-bond acceptors (Lipinski definition) is 5. The smallest absolute Gasteiger partial charge is 0.407 e. The molecule has 0 aromatic rings. The molecular formula is C13H24N2O4. The summed E-state index contributed by atoms with van der Waals surface area (Å²) in [4.78, 5) is 24.9. The van der Waals surface area contributed by atoms with Gasteiger partial charge in [-0.25, -0.2) is 4.79 Å². The van der Waals surface area contributed by atoms with E-state index in [4.69, 9.17) is 4.74 Å². The first-order valence-electron chi connectivity index (χ1n) is 6.51. The molecule has 0 bridgehead atoms. The summed E-state index contributed by atoms with van der Waals surface area (Å²) in [5.41, 5.74) is -0.479. The largest absolute Gasteiger partial charge is 0.469 e. The van der Waals surface area contributed by atoms with Gasteiger partial charge in [-0.2, -0.15) is 0 Å². The van der Waals surface area contributed by atoms with Gasteiger partial charge in [0.2, 0.25) is 0 Å². The van der Waals surface area contributed by atoms with Crippen LogP contribution in [0.15, 0.2) is 0 Å². The highest BCUT2D eigenvalue weighted by atomic mass is 16.6. The van der Waals surface area contributed by atoms with Crippen molar-refractivity contribution < 1.29 is 19.1 Å². The zero-order chi connectivity index (χ0) is 14.6. The molecule has 1 fully saturated rings. The maximum atomic E-state index is 11.5. The molecule has 0 aromatic heterocycles. The van der Waals surface area contributed by atoms with Gasteiger partial charge in [0.05, 0.1) is 19.1 Å². The summed E-state index contributed by atoms with van der Waals surface area (Å²) in [5.74, 6) is -0.351. The van der Waals surface area contributed by atoms with Crippen LogP contribution in [-0.2, 0) is 14.3 Å². The van der Waals surface area contributed by atoms with E-state index in [1.807, 2.05) is 27.7 Å². The molecule has 1 aliphatic heterocycles. The highest BCUT2D eigenvalue weighted by molar-refractivity contribution is 5.72. The van der Waals surface area contributed by atoms with E-state index in [-0.39, 0.29) is 17.9 Å². The van der Waals surface area contributed by atoms with Gasteiger partial charge in [-0.15, -0.1) is 0 Å². The normalized spacial score (nSPS) is 18.4. The summed E-state index contributed by atoms with van der Waals surface area (Å²) >= 11 is 0. The quantitative estimate of drug-likeness (QED) is 0.773. The number of ether oxygens (including phenoxy) is 2. The van der Waals surface area contributed by atoms with Gasteiger partial charge in [0.25, 0.3) is 0 Å². The third-order valence-electron chi connectivity index (χ3n) is 2.81. The number of carbonyl (C=O) groups excluding carboxylic acids is 2. The van der Waals surface area contributed by atoms with Crippen molar-refractivity contribution in [3.05, 3.63) is 0 Å². The fourth-order valence-corrected chi connectivity index (χ4v) is 1.95. The van der Waals surface area contributed by atoms with Crippen LogP contribution < -0.4 is 5.32 Å². The Bertz CT molecular complexity index is 332. The van der Waals surface area contributed by atoms with Crippen molar-refractivity contribution in [1.82, 2.24) is 10.2 Å². The van der Waals surface area contributed by atoms with Crippen LogP contribution in [0.5, 0.6) is 0 Å². The Morgan fingerprint density at radius 1 is 1.37 bits per heavy atom. The molecule has 0 saturated carbocycles. The molecule has 0 spiro atoms. The van der Waals surface area contributed by atoms with E-state index in [1.165, 1.54) is 7.11 Å². The molecule has 110 valence electrons. The zero-order valence-electron chi connectivity index (χ0n) is 12.4. The third kappa shape index (κ3) is 5.46. The van der Waals surface area contributed by atoms with Gasteiger partial charge >= 0.3 is 12.1 Å². The average Bonchev–Trinajstić information content (AvgIpc) is 2.22. The van der Waals surface area contributed by atoms with Crippen LogP contribution >= 0.6 is 0 Å². The lowest BCUT2D eigenvalue weighted by molar-refractivity contribution is -0.145. The fraction of sp³-hybridized carbons (Fsp3) is 0.846. The average molecular weight is 272 g/mol. The topological polar surface area (TPSA) is 67.9 Å². The molecule has 6 nitrogen and oxygen atoms in total. The lowest BCUT2D eigenvalue weighted by Crippen LogP contribution is -2.60. The minimum absolute atomic E-state index is 0.0969. The lowest BCUT2D eigenvalue weighted by Gasteiger charge is -2.40. The zero-order valence-corrected chi connectivity index (χ0v) is 12.4. The molecule has 1 unspecified atom stereocenters. The summed E-state index contributed by atoms with van der Waals surface area (Å²) in [5, 5.41) is 2.80. The van der Waals surface area contributed by atoms with Gasteiger partial charge < -0.3 is 14.8 Å². The minimum atomic E-state index is -0.479. The van der Waals surface area contributed by atoms with Crippen molar-refractivity contribution in [1.29, 1.82) is 0 Å². The van der Waals surface area contributed by atoms with Crippen LogP contribution in [0.3, 0.4) is 0 Å². The van der Waals surface area contributed by atoms with Crippen molar-refractivity contribution in [2.75, 3.05) is 26.7 Å². The van der Waals surface area contributed by atoms with Crippen LogP contribution in [0, 0.1) is 5.92 Å². The van der Waals surface area contributed by atoms with Crippen LogP contribution in [0.25, 0.3) is 0 Å². The van der Waals surface area contributed by atoms with Crippen molar-refractivity contribution in [2.24, 2.45) is 5.92 Å². The maximum absolute atomic E-state index is 11.5. The molecule has 0 aliphatic carbocycles. The Morgan fingerprint density at radius 2 is 1.95 bits per heavy atom. The Hall–Kier alpha value is -1.30. The molecule has 1 amide bonds. The Balaban J connectivity index is 2.20. The van der Waals surface area contributed by atoms with E-state index in [0.29, 0.717) is 6.54 Å². The molecule has 1 heterocycles. The number of alkyl carbamates (subject to hydrolysis) is 1. The third-order valence-corrected chi connectivity index (χ3v) is 2.81. The number of likely N-dealkylation sites (tertiary alicyclic amines) is 1. The van der Waals surface area contributed by atoms with E-state index < -0.39 is 11.7 Å². The number of amides is 1. The molecule has 19 heavy (non-hydrogen) atoms. The Kier molecular flexibility index (Phi) is 5.17. The van der Waals surface area contributed by atoms with E-state index in [0.717, 1.165) is 13.1 Å². The van der Waals surface area contributed by atoms with Crippen LogP contribution in [-0.4, -0.2) is 55.3 Å². The molecule has 6 heteroatoms. The minimum Gasteiger partial charge on any atom is -0.469 e. The van der Waals surface area contributed by atoms with E-state index >= 15 is 0 Å². The molecule has 0 radical (unpaired) electrons. The second kappa shape index (κ2) is 6.23. The number of nitrogens with one attached hydrogen (secondary N) is 1. The summed E-state index contributed by atoms with van der Waals surface area (Å²) in [6.45, 7) is 9.45. The van der Waals surface area contributed by atoms with Crippen molar-refractivity contribution in [2.45, 2.75) is 39.3 Å². The number of carbonyl (C=O) groups is 2. The van der Waals surface area contributed by atoms with Crippen LogP contribution in [0.2, 0.25) is 0 Å². The fourth-order valence-electron chi connectivity index (χ4n) is 1.95. The second-order valence-electron chi connectivity index (χ2n) is 5.99. The number of hydrogen-bond donors (Lipinski definition) is 1. The number of methoxy groups -OCH3 is 1. The number of rotatable bonds is 4. The molecule has 0 aromatic carbocycles. The molecule has 1 N–H and O–H groups in total. The predicted molar refractivity (Wildman–Crippen MR) is 70.8 cm³/mol. The van der Waals surface area contributed by atoms with Crippen molar-refractivity contribution in [3.8, 4) is 0 Å². The first kappa shape index (κ1) is 15.8. The Morgan fingerprint density at radius 3 is 2.42 bits per heavy atom. The lowest BCUT2D eigenvalue weighted by atomic mass is 10.1. The standard InChI is InChI=1S/C13H24N2O4/c1-9(11(16)18-5)6-15-7-10(8-15)14-12(17)19-13(2,3)4/h9-10H,6-8H2,1-5H3,(H,14,17). The predicted octanol–water partition coefficient (Wildman–Crippen LogP) is 1.00. The van der Waals surface area contributed by atoms with Gasteiger partial charge in [-0.1, -0.05) is 6.92 Å². The van der Waals surface area contributed by atoms with Gasteiger partial charge in [0, 0.05) is 19.6 Å². The van der Waals surface area contributed by atoms with Gasteiger partial charge in [-0.3, -0.25) is 9.69 Å². The second-order valence-corrected chi connectivity index (χ2v) is 5.99.